The van der Waals surface area contributed by atoms with Crippen molar-refractivity contribution in [3.8, 4) is 11.5 Å². The smallest absolute Gasteiger partial charge is 0.264 e. The molecule has 0 aliphatic carbocycles. The number of aliphatic hydroxyl groups is 1. The molecule has 2 aliphatic heterocycles. The largest absolute Gasteiger partial charge is 0.497 e. The number of hydrogen-bond acceptors (Lipinski definition) is 7. The highest BCUT2D eigenvalue weighted by molar-refractivity contribution is 6.91. The summed E-state index contributed by atoms with van der Waals surface area (Å²) in [5, 5.41) is 14.2. The Kier molecular flexibility index (Phi) is 11.9. The third-order valence-corrected chi connectivity index (χ3v) is 16.3. The number of nitrogens with zero attached hydrogens (tertiary/aromatic N) is 2. The molecule has 3 amide bonds. The molecule has 0 unspecified atom stereocenters. The molecule has 5 aromatic carbocycles. The van der Waals surface area contributed by atoms with Crippen molar-refractivity contribution in [1.82, 2.24) is 4.90 Å². The molecular weight excluding hydrogens is 747 g/mol. The number of fused-ring (bicyclic) bond motifs is 2. The number of amides is 3. The van der Waals surface area contributed by atoms with Crippen molar-refractivity contribution in [2.24, 2.45) is 5.92 Å². The molecule has 0 aromatic heterocycles. The van der Waals surface area contributed by atoms with Crippen LogP contribution in [0.15, 0.2) is 127 Å². The van der Waals surface area contributed by atoms with Crippen molar-refractivity contribution in [3.05, 3.63) is 150 Å². The van der Waals surface area contributed by atoms with E-state index in [4.69, 9.17) is 14.2 Å². The Balaban J connectivity index is 1.26. The highest BCUT2D eigenvalue weighted by Gasteiger charge is 2.66. The molecule has 1 fully saturated rings. The molecule has 7 rings (SSSR count). The van der Waals surface area contributed by atoms with Crippen molar-refractivity contribution in [2.45, 2.75) is 56.8 Å². The van der Waals surface area contributed by atoms with Gasteiger partial charge in [-0.15, -0.1) is 0 Å². The molecule has 0 saturated carbocycles. The summed E-state index contributed by atoms with van der Waals surface area (Å²) >= 11 is 0. The molecule has 58 heavy (non-hydrogen) atoms. The zero-order valence-electron chi connectivity index (χ0n) is 33.7. The minimum atomic E-state index is -2.56. The number of methoxy groups -OCH3 is 2. The maximum absolute atomic E-state index is 15.4. The maximum atomic E-state index is 15.4. The van der Waals surface area contributed by atoms with Crippen LogP contribution >= 0.6 is 0 Å². The number of aliphatic hydroxyl groups excluding tert-OH is 1. The van der Waals surface area contributed by atoms with Crippen molar-refractivity contribution in [1.29, 1.82) is 0 Å². The Morgan fingerprint density at radius 2 is 1.50 bits per heavy atom. The van der Waals surface area contributed by atoms with E-state index in [1.807, 2.05) is 103 Å². The molecule has 0 bridgehead atoms. The van der Waals surface area contributed by atoms with Gasteiger partial charge in [-0.25, -0.2) is 0 Å². The fourth-order valence-electron chi connectivity index (χ4n) is 9.02. The van der Waals surface area contributed by atoms with E-state index in [9.17, 15) is 14.7 Å². The SMILES string of the molecule is COc1ccc([Si](C)(C)[C@@H]2[C@@H](CC(=O)N(CCO)Cc3ccccc3)O[C@]3(C(=O)N(Cc4cccc(NC(=O)c5ccccc5)c4)c4ccc(OC)cc43)[C@H]2C)cc1. The normalized spacial score (nSPS) is 19.9. The van der Waals surface area contributed by atoms with Gasteiger partial charge in [0.05, 0.1) is 53.7 Å². The van der Waals surface area contributed by atoms with Gasteiger partial charge in [0.25, 0.3) is 11.8 Å². The zero-order chi connectivity index (χ0) is 41.0. The van der Waals surface area contributed by atoms with Gasteiger partial charge >= 0.3 is 0 Å². The molecule has 2 N–H and O–H groups in total. The third-order valence-electron chi connectivity index (χ3n) is 11.9. The predicted octanol–water partition coefficient (Wildman–Crippen LogP) is 7.13. The molecule has 4 atom stereocenters. The number of anilines is 2. The standard InChI is InChI=1S/C47H51N3O7Si/c1-32-44(58(4,5)39-22-19-37(55-2)20-23-39)42(29-43(52)49(25-26-51)30-33-13-8-6-9-14-33)57-47(32)40-28-38(56-3)21-24-41(40)50(46(47)54)31-34-15-12-18-36(27-34)48-45(53)35-16-10-7-11-17-35/h6-24,27-28,32,42,44,51H,25-26,29-31H2,1-5H3,(H,48,53)/t32-,42+,44-,47+/m0/s1. The molecule has 0 radical (unpaired) electrons. The second kappa shape index (κ2) is 17.0. The van der Waals surface area contributed by atoms with Crippen molar-refractivity contribution in [3.63, 3.8) is 0 Å². The first kappa shape index (κ1) is 40.4. The molecule has 2 heterocycles. The zero-order valence-corrected chi connectivity index (χ0v) is 34.7. The number of hydrogen-bond donors (Lipinski definition) is 2. The lowest BCUT2D eigenvalue weighted by Gasteiger charge is -2.37. The molecule has 300 valence electrons. The number of carbonyl (C=O) groups excluding carboxylic acids is 3. The minimum absolute atomic E-state index is 0.0336. The van der Waals surface area contributed by atoms with Gasteiger partial charge in [0.1, 0.15) is 11.5 Å². The monoisotopic (exact) mass is 797 g/mol. The van der Waals surface area contributed by atoms with Crippen molar-refractivity contribution >= 4 is 42.4 Å². The predicted molar refractivity (Wildman–Crippen MR) is 228 cm³/mol. The number of rotatable bonds is 14. The van der Waals surface area contributed by atoms with Crippen molar-refractivity contribution in [2.75, 3.05) is 37.6 Å². The molecule has 1 spiro atoms. The lowest BCUT2D eigenvalue weighted by atomic mass is 9.82. The van der Waals surface area contributed by atoms with Gasteiger partial charge in [0.2, 0.25) is 5.91 Å². The van der Waals surface area contributed by atoms with E-state index in [0.717, 1.165) is 22.1 Å². The van der Waals surface area contributed by atoms with Crippen LogP contribution in [0.4, 0.5) is 11.4 Å². The Bertz CT molecular complexity index is 2250. The highest BCUT2D eigenvalue weighted by atomic mass is 28.3. The first-order valence-corrected chi connectivity index (χ1v) is 22.8. The maximum Gasteiger partial charge on any atom is 0.264 e. The quantitative estimate of drug-likeness (QED) is 0.115. The van der Waals surface area contributed by atoms with Gasteiger partial charge in [-0.1, -0.05) is 98.0 Å². The molecule has 5 aromatic rings. The van der Waals surface area contributed by atoms with Gasteiger partial charge in [-0.3, -0.25) is 14.4 Å². The molecular formula is C47H51N3O7Si. The fourth-order valence-corrected chi connectivity index (χ4v) is 13.0. The topological polar surface area (TPSA) is 118 Å². The summed E-state index contributed by atoms with van der Waals surface area (Å²) in [5.74, 6) is 0.399. The van der Waals surface area contributed by atoms with Gasteiger partial charge in [0.15, 0.2) is 5.60 Å². The van der Waals surface area contributed by atoms with Crippen LogP contribution in [0, 0.1) is 5.92 Å². The Morgan fingerprint density at radius 1 is 0.845 bits per heavy atom. The first-order valence-electron chi connectivity index (χ1n) is 19.7. The summed E-state index contributed by atoms with van der Waals surface area (Å²) in [5.41, 5.74) is 2.74. The van der Waals surface area contributed by atoms with E-state index < -0.39 is 19.8 Å². The van der Waals surface area contributed by atoms with Gasteiger partial charge < -0.3 is 34.4 Å². The number of nitrogens with one attached hydrogen (secondary N) is 1. The Morgan fingerprint density at radius 3 is 2.17 bits per heavy atom. The van der Waals surface area contributed by atoms with Crippen LogP contribution < -0.4 is 24.9 Å². The molecule has 1 saturated heterocycles. The molecule has 11 heteroatoms. The van der Waals surface area contributed by atoms with Gasteiger partial charge in [-0.2, -0.15) is 0 Å². The van der Waals surface area contributed by atoms with Crippen LogP contribution in [0.3, 0.4) is 0 Å². The number of carbonyl (C=O) groups is 3. The Hall–Kier alpha value is -5.75. The van der Waals surface area contributed by atoms with E-state index in [0.29, 0.717) is 34.8 Å². The van der Waals surface area contributed by atoms with Crippen LogP contribution in [0.25, 0.3) is 0 Å². The molecule has 10 nitrogen and oxygen atoms in total. The summed E-state index contributed by atoms with van der Waals surface area (Å²) in [6.45, 7) is 7.21. The lowest BCUT2D eigenvalue weighted by molar-refractivity contribution is -0.150. The third kappa shape index (κ3) is 7.77. The lowest BCUT2D eigenvalue weighted by Crippen LogP contribution is -2.52. The Labute approximate surface area is 341 Å². The van der Waals surface area contributed by atoms with Crippen LogP contribution in [0.5, 0.6) is 11.5 Å². The van der Waals surface area contributed by atoms with E-state index in [1.165, 1.54) is 0 Å². The summed E-state index contributed by atoms with van der Waals surface area (Å²) in [6.07, 6.45) is -0.589. The summed E-state index contributed by atoms with van der Waals surface area (Å²) < 4.78 is 18.5. The van der Waals surface area contributed by atoms with E-state index in [-0.39, 0.29) is 55.3 Å². The van der Waals surface area contributed by atoms with Crippen LogP contribution in [0.2, 0.25) is 18.6 Å². The second-order valence-electron chi connectivity index (χ2n) is 15.7. The average Bonchev–Trinajstić information content (AvgIpc) is 3.66. The van der Waals surface area contributed by atoms with Crippen LogP contribution in [0.1, 0.15) is 40.4 Å². The van der Waals surface area contributed by atoms with Crippen LogP contribution in [-0.2, 0) is 33.0 Å². The summed E-state index contributed by atoms with van der Waals surface area (Å²) in [7, 11) is 0.684. The van der Waals surface area contributed by atoms with Crippen molar-refractivity contribution < 1.29 is 33.7 Å². The highest BCUT2D eigenvalue weighted by Crippen LogP contribution is 2.60. The fraction of sp³-hybridized carbons (Fsp3) is 0.298. The summed E-state index contributed by atoms with van der Waals surface area (Å²) in [4.78, 5) is 46.3. The van der Waals surface area contributed by atoms with E-state index in [2.05, 4.69) is 37.5 Å². The second-order valence-corrected chi connectivity index (χ2v) is 20.4. The average molecular weight is 798 g/mol. The molecule has 2 aliphatic rings. The first-order chi connectivity index (χ1) is 28.0. The van der Waals surface area contributed by atoms with Crippen LogP contribution in [-0.4, -0.2) is 69.3 Å². The van der Waals surface area contributed by atoms with E-state index in [1.54, 1.807) is 36.2 Å². The van der Waals surface area contributed by atoms with E-state index >= 15 is 4.79 Å². The van der Waals surface area contributed by atoms with Gasteiger partial charge in [0, 0.05) is 35.8 Å². The summed E-state index contributed by atoms with van der Waals surface area (Å²) in [6, 6.07) is 40.0. The number of ether oxygens (including phenoxy) is 3. The van der Waals surface area contributed by atoms with Gasteiger partial charge in [-0.05, 0) is 71.3 Å². The minimum Gasteiger partial charge on any atom is -0.497 e. The number of benzene rings is 5.